The second-order valence-electron chi connectivity index (χ2n) is 8.28. The Bertz CT molecular complexity index is 616. The van der Waals surface area contributed by atoms with E-state index in [1.165, 1.54) is 25.7 Å². The van der Waals surface area contributed by atoms with Crippen molar-refractivity contribution in [1.82, 2.24) is 30.3 Å². The molecule has 0 radical (unpaired) electrons. The molecule has 3 rings (SSSR count). The van der Waals surface area contributed by atoms with E-state index in [1.807, 2.05) is 0 Å². The zero-order chi connectivity index (χ0) is 19.2. The molecule has 0 amide bonds. The van der Waals surface area contributed by atoms with Crippen molar-refractivity contribution in [2.75, 3.05) is 26.7 Å². The SMILES string of the molecule is CCNC(=NCCN(C)C1CCCC1)NC1CCc2nc(C(C)C)nn2C1. The maximum Gasteiger partial charge on any atom is 0.191 e. The van der Waals surface area contributed by atoms with Crippen molar-refractivity contribution < 1.29 is 0 Å². The smallest absolute Gasteiger partial charge is 0.191 e. The van der Waals surface area contributed by atoms with Gasteiger partial charge in [0.1, 0.15) is 5.82 Å². The summed E-state index contributed by atoms with van der Waals surface area (Å²) >= 11 is 0. The number of hydrogen-bond acceptors (Lipinski definition) is 4. The van der Waals surface area contributed by atoms with Crippen molar-refractivity contribution in [3.63, 3.8) is 0 Å². The highest BCUT2D eigenvalue weighted by atomic mass is 15.4. The highest BCUT2D eigenvalue weighted by molar-refractivity contribution is 5.80. The molecule has 2 aliphatic rings. The zero-order valence-corrected chi connectivity index (χ0v) is 17.5. The molecule has 1 aliphatic heterocycles. The molecule has 1 fully saturated rings. The predicted molar refractivity (Wildman–Crippen MR) is 110 cm³/mol. The molecule has 1 saturated carbocycles. The van der Waals surface area contributed by atoms with Crippen LogP contribution < -0.4 is 10.6 Å². The van der Waals surface area contributed by atoms with Crippen molar-refractivity contribution >= 4 is 5.96 Å². The van der Waals surface area contributed by atoms with Crippen LogP contribution in [-0.4, -0.2) is 64.4 Å². The number of hydrogen-bond donors (Lipinski definition) is 2. The monoisotopic (exact) mass is 375 g/mol. The summed E-state index contributed by atoms with van der Waals surface area (Å²) in [4.78, 5) is 12.0. The first kappa shape index (κ1) is 20.1. The molecule has 0 spiro atoms. The van der Waals surface area contributed by atoms with E-state index in [0.29, 0.717) is 12.0 Å². The molecule has 2 heterocycles. The largest absolute Gasteiger partial charge is 0.357 e. The maximum absolute atomic E-state index is 4.82. The number of guanidine groups is 1. The Balaban J connectivity index is 1.52. The average Bonchev–Trinajstić information content (AvgIpc) is 3.31. The summed E-state index contributed by atoms with van der Waals surface area (Å²) in [5, 5.41) is 11.7. The fraction of sp³-hybridized carbons (Fsp3) is 0.850. The van der Waals surface area contributed by atoms with Crippen molar-refractivity contribution in [1.29, 1.82) is 0 Å². The first-order valence-corrected chi connectivity index (χ1v) is 10.8. The lowest BCUT2D eigenvalue weighted by atomic mass is 10.1. The highest BCUT2D eigenvalue weighted by Gasteiger charge is 2.23. The van der Waals surface area contributed by atoms with Gasteiger partial charge in [-0.3, -0.25) is 4.99 Å². The summed E-state index contributed by atoms with van der Waals surface area (Å²) in [6.45, 7) is 10.0. The van der Waals surface area contributed by atoms with Gasteiger partial charge in [-0.15, -0.1) is 0 Å². The molecule has 1 atom stereocenters. The van der Waals surface area contributed by atoms with E-state index in [4.69, 9.17) is 4.99 Å². The second-order valence-corrected chi connectivity index (χ2v) is 8.28. The lowest BCUT2D eigenvalue weighted by Gasteiger charge is -2.26. The van der Waals surface area contributed by atoms with Crippen LogP contribution in [0.5, 0.6) is 0 Å². The van der Waals surface area contributed by atoms with Crippen LogP contribution >= 0.6 is 0 Å². The molecule has 7 heteroatoms. The molecule has 0 saturated heterocycles. The standard InChI is InChI=1S/C20H37N7/c1-5-21-20(22-12-13-26(4)17-8-6-7-9-17)23-16-10-11-18-24-19(15(2)3)25-27(18)14-16/h15-17H,5-14H2,1-4H3,(H2,21,22,23). The summed E-state index contributed by atoms with van der Waals surface area (Å²) in [6, 6.07) is 1.11. The van der Waals surface area contributed by atoms with Gasteiger partial charge in [-0.25, -0.2) is 9.67 Å². The third-order valence-electron chi connectivity index (χ3n) is 5.75. The molecule has 0 bridgehead atoms. The Morgan fingerprint density at radius 3 is 2.78 bits per heavy atom. The molecule has 1 unspecified atom stereocenters. The third-order valence-corrected chi connectivity index (χ3v) is 5.75. The normalized spacial score (nSPS) is 21.1. The van der Waals surface area contributed by atoms with E-state index in [0.717, 1.165) is 62.7 Å². The minimum Gasteiger partial charge on any atom is -0.357 e. The van der Waals surface area contributed by atoms with Crippen LogP contribution in [0, 0.1) is 0 Å². The Morgan fingerprint density at radius 1 is 1.30 bits per heavy atom. The molecule has 2 N–H and O–H groups in total. The second kappa shape index (κ2) is 9.53. The number of nitrogens with zero attached hydrogens (tertiary/aromatic N) is 5. The average molecular weight is 376 g/mol. The van der Waals surface area contributed by atoms with E-state index < -0.39 is 0 Å². The summed E-state index contributed by atoms with van der Waals surface area (Å²) < 4.78 is 2.08. The van der Waals surface area contributed by atoms with Crippen LogP contribution in [0.2, 0.25) is 0 Å². The summed E-state index contributed by atoms with van der Waals surface area (Å²) in [5.41, 5.74) is 0. The molecular weight excluding hydrogens is 338 g/mol. The lowest BCUT2D eigenvalue weighted by molar-refractivity contribution is 0.252. The van der Waals surface area contributed by atoms with Crippen LogP contribution in [0.4, 0.5) is 0 Å². The first-order valence-electron chi connectivity index (χ1n) is 10.8. The molecule has 1 aliphatic carbocycles. The molecular formula is C20H37N7. The quantitative estimate of drug-likeness (QED) is 0.564. The summed E-state index contributed by atoms with van der Waals surface area (Å²) in [6.07, 6.45) is 7.50. The van der Waals surface area contributed by atoms with Gasteiger partial charge in [0.25, 0.3) is 0 Å². The van der Waals surface area contributed by atoms with Crippen molar-refractivity contribution in [2.24, 2.45) is 4.99 Å². The van der Waals surface area contributed by atoms with Crippen LogP contribution in [0.25, 0.3) is 0 Å². The summed E-state index contributed by atoms with van der Waals surface area (Å²) in [5.74, 6) is 3.39. The van der Waals surface area contributed by atoms with Crippen molar-refractivity contribution in [3.05, 3.63) is 11.6 Å². The van der Waals surface area contributed by atoms with Crippen molar-refractivity contribution in [2.45, 2.75) is 83.8 Å². The van der Waals surface area contributed by atoms with Gasteiger partial charge in [0.2, 0.25) is 0 Å². The van der Waals surface area contributed by atoms with Gasteiger partial charge in [0, 0.05) is 37.5 Å². The Labute approximate surface area is 164 Å². The van der Waals surface area contributed by atoms with E-state index in [2.05, 4.69) is 58.1 Å². The Morgan fingerprint density at radius 2 is 2.07 bits per heavy atom. The number of aromatic nitrogens is 3. The number of likely N-dealkylation sites (N-methyl/N-ethyl adjacent to an activating group) is 1. The minimum atomic E-state index is 0.351. The van der Waals surface area contributed by atoms with Crippen LogP contribution in [-0.2, 0) is 13.0 Å². The van der Waals surface area contributed by atoms with E-state index in [1.54, 1.807) is 0 Å². The van der Waals surface area contributed by atoms with E-state index in [-0.39, 0.29) is 0 Å². The van der Waals surface area contributed by atoms with Gasteiger partial charge in [-0.1, -0.05) is 26.7 Å². The third kappa shape index (κ3) is 5.43. The van der Waals surface area contributed by atoms with Crippen LogP contribution in [0.3, 0.4) is 0 Å². The molecule has 27 heavy (non-hydrogen) atoms. The van der Waals surface area contributed by atoms with Gasteiger partial charge in [-0.2, -0.15) is 5.10 Å². The zero-order valence-electron chi connectivity index (χ0n) is 17.5. The van der Waals surface area contributed by atoms with Crippen molar-refractivity contribution in [3.8, 4) is 0 Å². The number of fused-ring (bicyclic) bond motifs is 1. The molecule has 7 nitrogen and oxygen atoms in total. The number of aryl methyl sites for hydroxylation is 1. The lowest BCUT2D eigenvalue weighted by Crippen LogP contribution is -2.47. The topological polar surface area (TPSA) is 70.4 Å². The van der Waals surface area contributed by atoms with Gasteiger partial charge in [0.05, 0.1) is 13.1 Å². The Kier molecular flexibility index (Phi) is 7.10. The van der Waals surface area contributed by atoms with Crippen LogP contribution in [0.15, 0.2) is 4.99 Å². The van der Waals surface area contributed by atoms with Gasteiger partial charge in [-0.05, 0) is 33.2 Å². The fourth-order valence-electron chi connectivity index (χ4n) is 4.05. The molecule has 1 aromatic rings. The number of aliphatic imine (C=N–C) groups is 1. The van der Waals surface area contributed by atoms with E-state index >= 15 is 0 Å². The summed E-state index contributed by atoms with van der Waals surface area (Å²) in [7, 11) is 2.24. The fourth-order valence-corrected chi connectivity index (χ4v) is 4.05. The van der Waals surface area contributed by atoms with Gasteiger partial charge >= 0.3 is 0 Å². The molecule has 152 valence electrons. The minimum absolute atomic E-state index is 0.351. The van der Waals surface area contributed by atoms with Gasteiger partial charge < -0.3 is 15.5 Å². The highest BCUT2D eigenvalue weighted by Crippen LogP contribution is 2.22. The van der Waals surface area contributed by atoms with Gasteiger partial charge in [0.15, 0.2) is 11.8 Å². The molecule has 1 aromatic heterocycles. The maximum atomic E-state index is 4.82. The molecule has 0 aromatic carbocycles. The predicted octanol–water partition coefficient (Wildman–Crippen LogP) is 2.15. The number of nitrogens with one attached hydrogen (secondary N) is 2. The van der Waals surface area contributed by atoms with E-state index in [9.17, 15) is 0 Å². The number of rotatable bonds is 7. The first-order chi connectivity index (χ1) is 13.1. The van der Waals surface area contributed by atoms with Crippen LogP contribution in [0.1, 0.15) is 70.4 Å². The Hall–Kier alpha value is -1.63.